The minimum atomic E-state index is -0.0915. The van der Waals surface area contributed by atoms with E-state index in [1.54, 1.807) is 0 Å². The van der Waals surface area contributed by atoms with Gasteiger partial charge in [-0.3, -0.25) is 4.79 Å². The van der Waals surface area contributed by atoms with E-state index in [4.69, 9.17) is 4.74 Å². The van der Waals surface area contributed by atoms with Crippen molar-refractivity contribution in [1.29, 1.82) is 0 Å². The molecule has 0 aliphatic heterocycles. The molecular weight excluding hydrogens is 216 g/mol. The molecule has 94 valence electrons. The quantitative estimate of drug-likeness (QED) is 0.693. The van der Waals surface area contributed by atoms with Gasteiger partial charge in [0.05, 0.1) is 0 Å². The van der Waals surface area contributed by atoms with Crippen molar-refractivity contribution in [2.24, 2.45) is 0 Å². The molecule has 17 heavy (non-hydrogen) atoms. The standard InChI is InChI=1S/C13H20N2O2/c1-3-11-6-4-5-7-12(11)17-10-13(16)15-9-8-14-2/h4-7,14H,3,8-10H2,1-2H3,(H,15,16). The molecule has 1 aromatic rings. The molecule has 2 N–H and O–H groups in total. The first-order valence-electron chi connectivity index (χ1n) is 5.90. The molecule has 0 saturated heterocycles. The van der Waals surface area contributed by atoms with Crippen LogP contribution in [-0.4, -0.2) is 32.7 Å². The molecule has 0 heterocycles. The Hall–Kier alpha value is -1.55. The van der Waals surface area contributed by atoms with E-state index in [2.05, 4.69) is 17.6 Å². The average Bonchev–Trinajstić information content (AvgIpc) is 2.37. The van der Waals surface area contributed by atoms with Gasteiger partial charge in [-0.05, 0) is 25.1 Å². The topological polar surface area (TPSA) is 50.4 Å². The van der Waals surface area contributed by atoms with Crippen LogP contribution in [0.4, 0.5) is 0 Å². The first-order valence-corrected chi connectivity index (χ1v) is 5.90. The van der Waals surface area contributed by atoms with Gasteiger partial charge in [-0.25, -0.2) is 0 Å². The third-order valence-corrected chi connectivity index (χ3v) is 2.41. The van der Waals surface area contributed by atoms with Gasteiger partial charge in [0, 0.05) is 13.1 Å². The van der Waals surface area contributed by atoms with Gasteiger partial charge >= 0.3 is 0 Å². The Bertz CT molecular complexity index is 353. The van der Waals surface area contributed by atoms with E-state index < -0.39 is 0 Å². The van der Waals surface area contributed by atoms with Gasteiger partial charge in [0.2, 0.25) is 0 Å². The summed E-state index contributed by atoms with van der Waals surface area (Å²) in [6.07, 6.45) is 0.900. The smallest absolute Gasteiger partial charge is 0.257 e. The van der Waals surface area contributed by atoms with Crippen LogP contribution in [0.5, 0.6) is 5.75 Å². The number of carbonyl (C=O) groups excluding carboxylic acids is 1. The van der Waals surface area contributed by atoms with E-state index in [0.717, 1.165) is 24.3 Å². The Morgan fingerprint density at radius 2 is 2.06 bits per heavy atom. The summed E-state index contributed by atoms with van der Waals surface area (Å²) in [6.45, 7) is 3.52. The van der Waals surface area contributed by atoms with Crippen molar-refractivity contribution in [3.05, 3.63) is 29.8 Å². The number of hydrogen-bond donors (Lipinski definition) is 2. The van der Waals surface area contributed by atoms with Gasteiger partial charge in [0.25, 0.3) is 5.91 Å². The second-order valence-corrected chi connectivity index (χ2v) is 3.70. The number of carbonyl (C=O) groups is 1. The number of aryl methyl sites for hydroxylation is 1. The number of rotatable bonds is 7. The number of amides is 1. The summed E-state index contributed by atoms with van der Waals surface area (Å²) in [5.41, 5.74) is 1.12. The Morgan fingerprint density at radius 1 is 1.29 bits per heavy atom. The van der Waals surface area contributed by atoms with Crippen molar-refractivity contribution in [3.63, 3.8) is 0 Å². The van der Waals surface area contributed by atoms with E-state index in [-0.39, 0.29) is 12.5 Å². The van der Waals surface area contributed by atoms with Crippen molar-refractivity contribution >= 4 is 5.91 Å². The first-order chi connectivity index (χ1) is 8.27. The van der Waals surface area contributed by atoms with Gasteiger partial charge in [0.1, 0.15) is 5.75 Å². The van der Waals surface area contributed by atoms with Crippen molar-refractivity contribution in [2.75, 3.05) is 26.7 Å². The lowest BCUT2D eigenvalue weighted by atomic mass is 10.1. The summed E-state index contributed by atoms with van der Waals surface area (Å²) in [5.74, 6) is 0.699. The third kappa shape index (κ3) is 4.87. The van der Waals surface area contributed by atoms with Gasteiger partial charge in [0.15, 0.2) is 6.61 Å². The van der Waals surface area contributed by atoms with Crippen LogP contribution in [0.25, 0.3) is 0 Å². The monoisotopic (exact) mass is 236 g/mol. The van der Waals surface area contributed by atoms with E-state index in [1.165, 1.54) is 0 Å². The molecule has 1 rings (SSSR count). The van der Waals surface area contributed by atoms with Crippen molar-refractivity contribution in [3.8, 4) is 5.75 Å². The molecule has 4 nitrogen and oxygen atoms in total. The molecule has 0 aliphatic rings. The van der Waals surface area contributed by atoms with E-state index in [1.807, 2.05) is 31.3 Å². The summed E-state index contributed by atoms with van der Waals surface area (Å²) < 4.78 is 5.49. The fraction of sp³-hybridized carbons (Fsp3) is 0.462. The fourth-order valence-electron chi connectivity index (χ4n) is 1.46. The van der Waals surface area contributed by atoms with E-state index in [0.29, 0.717) is 6.54 Å². The highest BCUT2D eigenvalue weighted by molar-refractivity contribution is 5.77. The average molecular weight is 236 g/mol. The predicted octanol–water partition coefficient (Wildman–Crippen LogP) is 0.963. The third-order valence-electron chi connectivity index (χ3n) is 2.41. The Balaban J connectivity index is 2.36. The predicted molar refractivity (Wildman–Crippen MR) is 68.3 cm³/mol. The lowest BCUT2D eigenvalue weighted by Gasteiger charge is -2.10. The molecule has 0 saturated carbocycles. The maximum atomic E-state index is 11.4. The lowest BCUT2D eigenvalue weighted by molar-refractivity contribution is -0.123. The van der Waals surface area contributed by atoms with Crippen LogP contribution in [0.1, 0.15) is 12.5 Å². The normalized spacial score (nSPS) is 10.0. The molecule has 0 radical (unpaired) electrons. The summed E-state index contributed by atoms with van der Waals surface area (Å²) in [4.78, 5) is 11.4. The van der Waals surface area contributed by atoms with Crippen LogP contribution in [0.2, 0.25) is 0 Å². The van der Waals surface area contributed by atoms with Gasteiger partial charge in [-0.2, -0.15) is 0 Å². The molecule has 0 atom stereocenters. The molecule has 0 bridgehead atoms. The molecule has 4 heteroatoms. The molecular formula is C13H20N2O2. The minimum Gasteiger partial charge on any atom is -0.483 e. The van der Waals surface area contributed by atoms with Gasteiger partial charge < -0.3 is 15.4 Å². The number of benzene rings is 1. The molecule has 0 unspecified atom stereocenters. The molecule has 0 aliphatic carbocycles. The number of likely N-dealkylation sites (N-methyl/N-ethyl adjacent to an activating group) is 1. The van der Waals surface area contributed by atoms with Crippen LogP contribution >= 0.6 is 0 Å². The summed E-state index contributed by atoms with van der Waals surface area (Å²) in [7, 11) is 1.85. The van der Waals surface area contributed by atoms with E-state index >= 15 is 0 Å². The summed E-state index contributed by atoms with van der Waals surface area (Å²) in [5, 5.41) is 5.72. The second-order valence-electron chi connectivity index (χ2n) is 3.70. The maximum Gasteiger partial charge on any atom is 0.257 e. The fourth-order valence-corrected chi connectivity index (χ4v) is 1.46. The number of para-hydroxylation sites is 1. The number of nitrogens with one attached hydrogen (secondary N) is 2. The lowest BCUT2D eigenvalue weighted by Crippen LogP contribution is -2.33. The van der Waals surface area contributed by atoms with Crippen molar-refractivity contribution in [1.82, 2.24) is 10.6 Å². The molecule has 1 aromatic carbocycles. The van der Waals surface area contributed by atoms with Crippen molar-refractivity contribution in [2.45, 2.75) is 13.3 Å². The maximum absolute atomic E-state index is 11.4. The molecule has 1 amide bonds. The summed E-state index contributed by atoms with van der Waals surface area (Å²) in [6, 6.07) is 7.78. The van der Waals surface area contributed by atoms with Gasteiger partial charge in [-0.15, -0.1) is 0 Å². The van der Waals surface area contributed by atoms with E-state index in [9.17, 15) is 4.79 Å². The zero-order chi connectivity index (χ0) is 12.5. The Morgan fingerprint density at radius 3 is 2.76 bits per heavy atom. The van der Waals surface area contributed by atoms with Crippen LogP contribution in [0.15, 0.2) is 24.3 Å². The molecule has 0 fully saturated rings. The summed E-state index contributed by atoms with van der Waals surface area (Å²) >= 11 is 0. The zero-order valence-corrected chi connectivity index (χ0v) is 10.5. The highest BCUT2D eigenvalue weighted by Gasteiger charge is 2.04. The van der Waals surface area contributed by atoms with Crippen LogP contribution < -0.4 is 15.4 Å². The highest BCUT2D eigenvalue weighted by Crippen LogP contribution is 2.17. The van der Waals surface area contributed by atoms with Crippen molar-refractivity contribution < 1.29 is 9.53 Å². The Labute approximate surface area is 102 Å². The minimum absolute atomic E-state index is 0.0702. The zero-order valence-electron chi connectivity index (χ0n) is 10.5. The van der Waals surface area contributed by atoms with Crippen LogP contribution in [0, 0.1) is 0 Å². The Kier molecular flexibility index (Phi) is 6.10. The van der Waals surface area contributed by atoms with Crippen LogP contribution in [-0.2, 0) is 11.2 Å². The first kappa shape index (κ1) is 13.5. The molecule has 0 aromatic heterocycles. The second kappa shape index (κ2) is 7.68. The number of hydrogen-bond acceptors (Lipinski definition) is 3. The van der Waals surface area contributed by atoms with Gasteiger partial charge in [-0.1, -0.05) is 25.1 Å². The molecule has 0 spiro atoms. The highest BCUT2D eigenvalue weighted by atomic mass is 16.5. The van der Waals surface area contributed by atoms with Crippen LogP contribution in [0.3, 0.4) is 0 Å². The SMILES string of the molecule is CCc1ccccc1OCC(=O)NCCNC. The largest absolute Gasteiger partial charge is 0.483 e. The number of ether oxygens (including phenoxy) is 1.